The molecule has 0 radical (unpaired) electrons. The van der Waals surface area contributed by atoms with Crippen LogP contribution in [0.2, 0.25) is 0 Å². The van der Waals surface area contributed by atoms with Crippen molar-refractivity contribution in [3.8, 4) is 0 Å². The zero-order valence-electron chi connectivity index (χ0n) is 8.01. The average molecular weight is 172 g/mol. The van der Waals surface area contributed by atoms with Gasteiger partial charge in [0.05, 0.1) is 0 Å². The van der Waals surface area contributed by atoms with Gasteiger partial charge in [-0.15, -0.1) is 0 Å². The van der Waals surface area contributed by atoms with E-state index in [1.54, 1.807) is 18.6 Å². The zero-order valence-corrected chi connectivity index (χ0v) is 7.01. The molecule has 0 amide bonds. The molecular formula is C10H9N3. The van der Waals surface area contributed by atoms with Crippen LogP contribution in [0.25, 0.3) is 0 Å². The van der Waals surface area contributed by atoms with Gasteiger partial charge in [-0.1, -0.05) is 0 Å². The first-order valence-corrected chi connectivity index (χ1v) is 4.02. The van der Waals surface area contributed by atoms with Crippen molar-refractivity contribution < 1.29 is 1.37 Å². The molecule has 3 nitrogen and oxygen atoms in total. The van der Waals surface area contributed by atoms with Gasteiger partial charge in [-0.25, -0.2) is 9.97 Å². The minimum absolute atomic E-state index is 0.0663. The maximum Gasteiger partial charge on any atom is 0.115 e. The molecule has 0 aromatic carbocycles. The lowest BCUT2D eigenvalue weighted by atomic mass is 10.1. The van der Waals surface area contributed by atoms with E-state index in [4.69, 9.17) is 1.37 Å². The molecule has 64 valence electrons. The molecule has 0 N–H and O–H groups in total. The maximum atomic E-state index is 7.27. The Morgan fingerprint density at radius 1 is 1.08 bits per heavy atom. The summed E-state index contributed by atoms with van der Waals surface area (Å²) < 4.78 is 7.27. The highest BCUT2D eigenvalue weighted by Gasteiger charge is 1.94. The van der Waals surface area contributed by atoms with E-state index < -0.39 is 0 Å². The van der Waals surface area contributed by atoms with Crippen LogP contribution in [0, 0.1) is 0 Å². The van der Waals surface area contributed by atoms with Crippen LogP contribution in [0.5, 0.6) is 0 Å². The lowest BCUT2D eigenvalue weighted by molar-refractivity contribution is 1.02. The third kappa shape index (κ3) is 2.08. The average Bonchev–Trinajstić information content (AvgIpc) is 2.19. The van der Waals surface area contributed by atoms with Gasteiger partial charge in [-0.2, -0.15) is 0 Å². The van der Waals surface area contributed by atoms with Crippen LogP contribution in [-0.4, -0.2) is 15.0 Å². The van der Waals surface area contributed by atoms with Crippen LogP contribution in [0.1, 0.15) is 12.6 Å². The van der Waals surface area contributed by atoms with Crippen LogP contribution in [0.15, 0.2) is 43.1 Å². The Kier molecular flexibility index (Phi) is 1.94. The van der Waals surface area contributed by atoms with E-state index in [1.165, 1.54) is 0 Å². The van der Waals surface area contributed by atoms with Crippen LogP contribution in [-0.2, 0) is 6.42 Å². The molecule has 0 saturated heterocycles. The number of nitrogens with zero attached hydrogens (tertiary/aromatic N) is 3. The summed E-state index contributed by atoms with van der Waals surface area (Å²) in [4.78, 5) is 11.7. The van der Waals surface area contributed by atoms with E-state index in [0.717, 1.165) is 17.7 Å². The lowest BCUT2D eigenvalue weighted by Crippen LogP contribution is -1.91. The molecular weight excluding hydrogens is 162 g/mol. The molecule has 0 spiro atoms. The van der Waals surface area contributed by atoms with E-state index in [1.807, 2.05) is 18.2 Å². The Bertz CT molecular complexity index is 417. The summed E-state index contributed by atoms with van der Waals surface area (Å²) in [6, 6.07) is 5.69. The summed E-state index contributed by atoms with van der Waals surface area (Å²) in [5.41, 5.74) is 1.99. The van der Waals surface area contributed by atoms with Crippen molar-refractivity contribution in [1.29, 1.82) is 0 Å². The van der Waals surface area contributed by atoms with Crippen LogP contribution in [0.4, 0.5) is 0 Å². The molecule has 3 heteroatoms. The number of hydrogen-bond acceptors (Lipinski definition) is 3. The molecule has 0 atom stereocenters. The van der Waals surface area contributed by atoms with Gasteiger partial charge in [-0.3, -0.25) is 4.98 Å². The van der Waals surface area contributed by atoms with Gasteiger partial charge in [0.2, 0.25) is 0 Å². The molecule has 13 heavy (non-hydrogen) atoms. The number of hydrogen-bond donors (Lipinski definition) is 0. The summed E-state index contributed by atoms with van der Waals surface area (Å²) in [7, 11) is 0. The third-order valence-electron chi connectivity index (χ3n) is 1.73. The summed E-state index contributed by atoms with van der Waals surface area (Å²) in [5.74, 6) is 0. The van der Waals surface area contributed by atoms with Crippen molar-refractivity contribution in [2.24, 2.45) is 0 Å². The number of rotatable bonds is 2. The summed E-state index contributed by atoms with van der Waals surface area (Å²) in [5, 5.41) is 0. The van der Waals surface area contributed by atoms with E-state index in [0.29, 0.717) is 0 Å². The highest BCUT2D eigenvalue weighted by Crippen LogP contribution is 2.03. The van der Waals surface area contributed by atoms with Gasteiger partial charge in [0.1, 0.15) is 7.67 Å². The normalized spacial score (nSPS) is 10.9. The second kappa shape index (κ2) is 3.76. The van der Waals surface area contributed by atoms with Crippen molar-refractivity contribution >= 4 is 0 Å². The predicted octanol–water partition coefficient (Wildman–Crippen LogP) is 1.46. The summed E-state index contributed by atoms with van der Waals surface area (Å²) in [6.45, 7) is 0. The standard InChI is InChI=1S/C10H9N3/c1-4-11-5-2-9(1)7-10-3-6-12-8-13-10/h1-6,8H,7H2/i8D. The van der Waals surface area contributed by atoms with Gasteiger partial charge in [0.25, 0.3) is 0 Å². The van der Waals surface area contributed by atoms with Crippen LogP contribution in [0.3, 0.4) is 0 Å². The fourth-order valence-electron chi connectivity index (χ4n) is 1.10. The number of aromatic nitrogens is 3. The molecule has 0 aliphatic heterocycles. The van der Waals surface area contributed by atoms with Crippen molar-refractivity contribution in [2.75, 3.05) is 0 Å². The predicted molar refractivity (Wildman–Crippen MR) is 49.1 cm³/mol. The van der Waals surface area contributed by atoms with Gasteiger partial charge >= 0.3 is 0 Å². The van der Waals surface area contributed by atoms with Crippen molar-refractivity contribution in [2.45, 2.75) is 6.42 Å². The second-order valence-electron chi connectivity index (χ2n) is 2.68. The van der Waals surface area contributed by atoms with E-state index in [9.17, 15) is 0 Å². The quantitative estimate of drug-likeness (QED) is 0.688. The number of pyridine rings is 1. The minimum atomic E-state index is 0.0663. The van der Waals surface area contributed by atoms with E-state index >= 15 is 0 Å². The van der Waals surface area contributed by atoms with Gasteiger partial charge in [-0.05, 0) is 23.8 Å². The maximum absolute atomic E-state index is 7.27. The van der Waals surface area contributed by atoms with Crippen molar-refractivity contribution in [1.82, 2.24) is 15.0 Å². The minimum Gasteiger partial charge on any atom is -0.265 e. The highest BCUT2D eigenvalue weighted by molar-refractivity contribution is 5.17. The Morgan fingerprint density at radius 2 is 1.85 bits per heavy atom. The molecule has 0 unspecified atom stereocenters. The molecule has 2 aromatic rings. The monoisotopic (exact) mass is 172 g/mol. The fraction of sp³-hybridized carbons (Fsp3) is 0.100. The van der Waals surface area contributed by atoms with Crippen molar-refractivity contribution in [3.05, 3.63) is 54.4 Å². The Morgan fingerprint density at radius 3 is 2.62 bits per heavy atom. The van der Waals surface area contributed by atoms with Crippen molar-refractivity contribution in [3.63, 3.8) is 0 Å². The molecule has 0 saturated carbocycles. The third-order valence-corrected chi connectivity index (χ3v) is 1.73. The largest absolute Gasteiger partial charge is 0.265 e. The molecule has 0 bridgehead atoms. The Hall–Kier alpha value is -1.77. The summed E-state index contributed by atoms with van der Waals surface area (Å²) in [6.07, 6.45) is 5.88. The Labute approximate surface area is 77.9 Å². The smallest absolute Gasteiger partial charge is 0.115 e. The van der Waals surface area contributed by atoms with Gasteiger partial charge < -0.3 is 0 Å². The SMILES string of the molecule is [2H]c1nccc(Cc2ccncc2)n1. The molecule has 2 heterocycles. The highest BCUT2D eigenvalue weighted by atomic mass is 14.8. The molecule has 0 fully saturated rings. The second-order valence-corrected chi connectivity index (χ2v) is 2.68. The topological polar surface area (TPSA) is 38.7 Å². The van der Waals surface area contributed by atoms with Gasteiger partial charge in [0, 0.05) is 30.7 Å². The first kappa shape index (κ1) is 6.71. The molecule has 0 aliphatic carbocycles. The summed E-state index contributed by atoms with van der Waals surface area (Å²) >= 11 is 0. The van der Waals surface area contributed by atoms with E-state index in [-0.39, 0.29) is 6.30 Å². The first-order valence-electron chi connectivity index (χ1n) is 4.52. The molecule has 2 rings (SSSR count). The van der Waals surface area contributed by atoms with Crippen LogP contribution >= 0.6 is 0 Å². The Balaban J connectivity index is 2.19. The van der Waals surface area contributed by atoms with Crippen LogP contribution < -0.4 is 0 Å². The lowest BCUT2D eigenvalue weighted by Gasteiger charge is -1.98. The molecule has 2 aromatic heterocycles. The zero-order chi connectivity index (χ0) is 9.80. The first-order chi connectivity index (χ1) is 6.84. The molecule has 0 aliphatic rings. The fourth-order valence-corrected chi connectivity index (χ4v) is 1.10. The van der Waals surface area contributed by atoms with E-state index in [2.05, 4.69) is 15.0 Å². The van der Waals surface area contributed by atoms with Gasteiger partial charge in [0.15, 0.2) is 0 Å².